The number of pyridine rings is 1. The van der Waals surface area contributed by atoms with Crippen molar-refractivity contribution in [3.8, 4) is 0 Å². The quantitative estimate of drug-likeness (QED) is 0.921. The Morgan fingerprint density at radius 3 is 2.44 bits per heavy atom. The van der Waals surface area contributed by atoms with Crippen LogP contribution in [0.4, 0.5) is 0 Å². The van der Waals surface area contributed by atoms with Crippen molar-refractivity contribution >= 4 is 40.9 Å². The number of carboxylic acids is 1. The fraction of sp³-hybridized carbons (Fsp3) is 0. The van der Waals surface area contributed by atoms with Crippen LogP contribution in [0.3, 0.4) is 0 Å². The highest BCUT2D eigenvalue weighted by atomic mass is 35.5. The van der Waals surface area contributed by atoms with Crippen LogP contribution in [0.5, 0.6) is 0 Å². The molecule has 0 aliphatic heterocycles. The van der Waals surface area contributed by atoms with Gasteiger partial charge in [-0.1, -0.05) is 35.0 Å². The molecular weight excluding hydrogens is 293 g/mol. The summed E-state index contributed by atoms with van der Waals surface area (Å²) < 4.78 is 0. The van der Waals surface area contributed by atoms with E-state index in [1.54, 1.807) is 18.2 Å². The second kappa shape index (κ2) is 5.61. The van der Waals surface area contributed by atoms with Gasteiger partial charge in [-0.25, -0.2) is 9.78 Å². The monoisotopic (exact) mass is 299 g/mol. The summed E-state index contributed by atoms with van der Waals surface area (Å²) in [6, 6.07) is 8.06. The van der Waals surface area contributed by atoms with E-state index in [1.807, 2.05) is 0 Å². The van der Waals surface area contributed by atoms with Crippen LogP contribution in [0, 0.1) is 0 Å². The molecule has 1 heterocycles. The van der Waals surface area contributed by atoms with Crippen molar-refractivity contribution < 1.29 is 9.90 Å². The zero-order valence-electron chi connectivity index (χ0n) is 8.93. The number of hydrogen-bond donors (Lipinski definition) is 1. The smallest absolute Gasteiger partial charge is 0.335 e. The average molecular weight is 300 g/mol. The van der Waals surface area contributed by atoms with Crippen molar-refractivity contribution in [1.29, 1.82) is 0 Å². The third-order valence-corrected chi connectivity index (χ3v) is 3.38. The van der Waals surface area contributed by atoms with Gasteiger partial charge in [0.1, 0.15) is 5.03 Å². The van der Waals surface area contributed by atoms with Crippen molar-refractivity contribution in [3.05, 3.63) is 52.1 Å². The molecule has 0 spiro atoms. The van der Waals surface area contributed by atoms with Crippen molar-refractivity contribution in [2.24, 2.45) is 0 Å². The molecule has 0 fully saturated rings. The fourth-order valence-corrected chi connectivity index (χ4v) is 2.87. The minimum atomic E-state index is -0.983. The van der Waals surface area contributed by atoms with Gasteiger partial charge in [0.05, 0.1) is 5.56 Å². The number of aromatic nitrogens is 1. The molecule has 2 rings (SSSR count). The van der Waals surface area contributed by atoms with E-state index in [4.69, 9.17) is 28.3 Å². The lowest BCUT2D eigenvalue weighted by Crippen LogP contribution is -1.96. The maximum atomic E-state index is 10.8. The van der Waals surface area contributed by atoms with Crippen LogP contribution in [0.25, 0.3) is 0 Å². The lowest BCUT2D eigenvalue weighted by atomic mass is 10.3. The molecular formula is C12H7Cl2NO2S. The molecule has 0 atom stereocenters. The van der Waals surface area contributed by atoms with Gasteiger partial charge in [-0.3, -0.25) is 0 Å². The number of nitrogens with zero attached hydrogens (tertiary/aromatic N) is 1. The molecule has 0 saturated heterocycles. The topological polar surface area (TPSA) is 50.2 Å². The SMILES string of the molecule is O=C(O)c1ccnc(Sc2cc(Cl)cc(Cl)c2)c1. The largest absolute Gasteiger partial charge is 0.478 e. The molecule has 6 heteroatoms. The molecule has 0 aliphatic carbocycles. The Morgan fingerprint density at radius 2 is 1.83 bits per heavy atom. The van der Waals surface area contributed by atoms with Gasteiger partial charge in [0.2, 0.25) is 0 Å². The molecule has 0 amide bonds. The Balaban J connectivity index is 2.28. The first-order valence-electron chi connectivity index (χ1n) is 4.88. The van der Waals surface area contributed by atoms with E-state index >= 15 is 0 Å². The number of carboxylic acid groups (broad SMARTS) is 1. The summed E-state index contributed by atoms with van der Waals surface area (Å²) in [6.07, 6.45) is 1.46. The molecule has 92 valence electrons. The fourth-order valence-electron chi connectivity index (χ4n) is 1.31. The molecule has 2 aromatic rings. The van der Waals surface area contributed by atoms with Crippen molar-refractivity contribution in [2.75, 3.05) is 0 Å². The van der Waals surface area contributed by atoms with Crippen LogP contribution in [-0.2, 0) is 0 Å². The molecule has 0 unspecified atom stereocenters. The van der Waals surface area contributed by atoms with Crippen molar-refractivity contribution in [1.82, 2.24) is 4.98 Å². The highest BCUT2D eigenvalue weighted by Crippen LogP contribution is 2.31. The van der Waals surface area contributed by atoms with Crippen LogP contribution in [0.2, 0.25) is 10.0 Å². The zero-order chi connectivity index (χ0) is 13.1. The minimum Gasteiger partial charge on any atom is -0.478 e. The predicted molar refractivity (Wildman–Crippen MR) is 71.8 cm³/mol. The Kier molecular flexibility index (Phi) is 4.11. The van der Waals surface area contributed by atoms with Gasteiger partial charge in [0.25, 0.3) is 0 Å². The van der Waals surface area contributed by atoms with Crippen molar-refractivity contribution in [3.63, 3.8) is 0 Å². The summed E-state index contributed by atoms with van der Waals surface area (Å²) in [5.74, 6) is -0.983. The van der Waals surface area contributed by atoms with E-state index < -0.39 is 5.97 Å². The van der Waals surface area contributed by atoms with Gasteiger partial charge in [0, 0.05) is 21.1 Å². The van der Waals surface area contributed by atoms with Gasteiger partial charge >= 0.3 is 5.97 Å². The number of carbonyl (C=O) groups is 1. The second-order valence-corrected chi connectivity index (χ2v) is 5.36. The first kappa shape index (κ1) is 13.2. The van der Waals surface area contributed by atoms with Crippen LogP contribution in [0.1, 0.15) is 10.4 Å². The summed E-state index contributed by atoms with van der Waals surface area (Å²) in [4.78, 5) is 15.7. The van der Waals surface area contributed by atoms with E-state index in [9.17, 15) is 4.79 Å². The van der Waals surface area contributed by atoms with E-state index in [0.29, 0.717) is 15.1 Å². The predicted octanol–water partition coefficient (Wildman–Crippen LogP) is 4.24. The lowest BCUT2D eigenvalue weighted by molar-refractivity contribution is 0.0696. The van der Waals surface area contributed by atoms with Crippen LogP contribution in [0.15, 0.2) is 46.5 Å². The van der Waals surface area contributed by atoms with Gasteiger partial charge in [-0.2, -0.15) is 0 Å². The first-order valence-corrected chi connectivity index (χ1v) is 6.45. The molecule has 0 saturated carbocycles. The number of rotatable bonds is 3. The molecule has 18 heavy (non-hydrogen) atoms. The maximum absolute atomic E-state index is 10.8. The highest BCUT2D eigenvalue weighted by Gasteiger charge is 2.06. The molecule has 1 N–H and O–H groups in total. The van der Waals surface area contributed by atoms with Crippen LogP contribution >= 0.6 is 35.0 Å². The number of benzene rings is 1. The molecule has 1 aromatic heterocycles. The summed E-state index contributed by atoms with van der Waals surface area (Å²) in [6.45, 7) is 0. The lowest BCUT2D eigenvalue weighted by Gasteiger charge is -2.03. The number of aromatic carboxylic acids is 1. The second-order valence-electron chi connectivity index (χ2n) is 3.40. The standard InChI is InChI=1S/C12H7Cl2NO2S/c13-8-4-9(14)6-10(5-8)18-11-3-7(12(16)17)1-2-15-11/h1-6H,(H,16,17). The van der Waals surface area contributed by atoms with Gasteiger partial charge < -0.3 is 5.11 Å². The average Bonchev–Trinajstić information content (AvgIpc) is 2.27. The first-order chi connectivity index (χ1) is 8.54. The highest BCUT2D eigenvalue weighted by molar-refractivity contribution is 7.99. The number of hydrogen-bond acceptors (Lipinski definition) is 3. The molecule has 1 aromatic carbocycles. The zero-order valence-corrected chi connectivity index (χ0v) is 11.3. The molecule has 0 radical (unpaired) electrons. The van der Waals surface area contributed by atoms with E-state index in [2.05, 4.69) is 4.98 Å². The Bertz CT molecular complexity index is 584. The normalized spacial score (nSPS) is 10.3. The summed E-state index contributed by atoms with van der Waals surface area (Å²) in [5, 5.41) is 10.5. The maximum Gasteiger partial charge on any atom is 0.335 e. The van der Waals surface area contributed by atoms with Gasteiger partial charge in [-0.05, 0) is 30.3 Å². The van der Waals surface area contributed by atoms with Crippen LogP contribution in [-0.4, -0.2) is 16.1 Å². The van der Waals surface area contributed by atoms with Gasteiger partial charge in [0.15, 0.2) is 0 Å². The summed E-state index contributed by atoms with van der Waals surface area (Å²) in [7, 11) is 0. The Hall–Kier alpha value is -1.23. The molecule has 3 nitrogen and oxygen atoms in total. The Labute approximate surface area is 118 Å². The van der Waals surface area contributed by atoms with Gasteiger partial charge in [-0.15, -0.1) is 0 Å². The van der Waals surface area contributed by atoms with E-state index in [0.717, 1.165) is 4.90 Å². The number of halogens is 2. The molecule has 0 bridgehead atoms. The third-order valence-electron chi connectivity index (χ3n) is 2.04. The van der Waals surface area contributed by atoms with Crippen molar-refractivity contribution in [2.45, 2.75) is 9.92 Å². The van der Waals surface area contributed by atoms with Crippen LogP contribution < -0.4 is 0 Å². The molecule has 0 aliphatic rings. The van der Waals surface area contributed by atoms with E-state index in [1.165, 1.54) is 30.1 Å². The Morgan fingerprint density at radius 1 is 1.17 bits per heavy atom. The minimum absolute atomic E-state index is 0.195. The van der Waals surface area contributed by atoms with E-state index in [-0.39, 0.29) is 5.56 Å². The summed E-state index contributed by atoms with van der Waals surface area (Å²) in [5.41, 5.74) is 0.195. The third kappa shape index (κ3) is 3.38. The summed E-state index contributed by atoms with van der Waals surface area (Å²) >= 11 is 13.1.